The Bertz CT molecular complexity index is 1280. The standard InChI is InChI=1S/C25H27N3O3S/c1-4-6-18-16-7-5-8-17(16)21-22-23(32-25(21)28-18)24(27-14-26-22)31-12-11-15-9-10-19(29-2)20(13-15)30-3/h9-10,13-14H,4-8,11-12H2,1-3H3. The van der Waals surface area contributed by atoms with Gasteiger partial charge in [0.2, 0.25) is 5.88 Å². The van der Waals surface area contributed by atoms with Crippen molar-refractivity contribution in [1.82, 2.24) is 15.0 Å². The lowest BCUT2D eigenvalue weighted by Gasteiger charge is -2.10. The summed E-state index contributed by atoms with van der Waals surface area (Å²) in [5.41, 5.74) is 6.26. The maximum atomic E-state index is 6.14. The SMILES string of the molecule is CCCc1nc2sc3c(OCCc4ccc(OC)c(OC)c4)ncnc3c2c2c1CCC2. The number of aryl methyl sites for hydroxylation is 2. The van der Waals surface area contributed by atoms with E-state index >= 15 is 0 Å². The second kappa shape index (κ2) is 8.90. The smallest absolute Gasteiger partial charge is 0.234 e. The summed E-state index contributed by atoms with van der Waals surface area (Å²) in [6.45, 7) is 2.73. The van der Waals surface area contributed by atoms with E-state index in [-0.39, 0.29) is 0 Å². The van der Waals surface area contributed by atoms with Crippen molar-refractivity contribution in [3.8, 4) is 17.4 Å². The van der Waals surface area contributed by atoms with Crippen LogP contribution in [0.25, 0.3) is 20.4 Å². The van der Waals surface area contributed by atoms with E-state index < -0.39 is 0 Å². The lowest BCUT2D eigenvalue weighted by Crippen LogP contribution is -2.03. The molecule has 1 aliphatic rings. The van der Waals surface area contributed by atoms with E-state index in [1.807, 2.05) is 18.2 Å². The van der Waals surface area contributed by atoms with Gasteiger partial charge in [-0.2, -0.15) is 0 Å². The highest BCUT2D eigenvalue weighted by Gasteiger charge is 2.24. The van der Waals surface area contributed by atoms with Crippen LogP contribution >= 0.6 is 11.3 Å². The second-order valence-corrected chi connectivity index (χ2v) is 9.04. The van der Waals surface area contributed by atoms with Crippen molar-refractivity contribution in [3.63, 3.8) is 0 Å². The van der Waals surface area contributed by atoms with E-state index in [9.17, 15) is 0 Å². The van der Waals surface area contributed by atoms with Crippen LogP contribution in [-0.4, -0.2) is 35.8 Å². The van der Waals surface area contributed by atoms with Gasteiger partial charge in [-0.15, -0.1) is 11.3 Å². The maximum Gasteiger partial charge on any atom is 0.234 e. The molecule has 0 saturated heterocycles. The monoisotopic (exact) mass is 449 g/mol. The maximum absolute atomic E-state index is 6.14. The minimum Gasteiger partial charge on any atom is -0.493 e. The molecule has 0 bridgehead atoms. The summed E-state index contributed by atoms with van der Waals surface area (Å²) in [5, 5.41) is 1.21. The average Bonchev–Trinajstić information content (AvgIpc) is 3.44. The van der Waals surface area contributed by atoms with Crippen LogP contribution in [0, 0.1) is 0 Å². The van der Waals surface area contributed by atoms with E-state index in [4.69, 9.17) is 19.2 Å². The molecule has 166 valence electrons. The normalized spacial score (nSPS) is 13.0. The molecule has 7 heteroatoms. The van der Waals surface area contributed by atoms with Gasteiger partial charge in [0.15, 0.2) is 11.5 Å². The number of nitrogens with zero attached hydrogens (tertiary/aromatic N) is 3. The molecule has 0 atom stereocenters. The number of hydrogen-bond donors (Lipinski definition) is 0. The topological polar surface area (TPSA) is 66.4 Å². The molecule has 5 rings (SSSR count). The molecular formula is C25H27N3O3S. The zero-order valence-corrected chi connectivity index (χ0v) is 19.6. The van der Waals surface area contributed by atoms with Crippen LogP contribution in [-0.2, 0) is 25.7 Å². The predicted molar refractivity (Wildman–Crippen MR) is 127 cm³/mol. The first kappa shape index (κ1) is 20.9. The molecule has 1 aliphatic carbocycles. The van der Waals surface area contributed by atoms with Crippen LogP contribution < -0.4 is 14.2 Å². The number of benzene rings is 1. The Hall–Kier alpha value is -2.93. The number of rotatable bonds is 8. The summed E-state index contributed by atoms with van der Waals surface area (Å²) >= 11 is 1.65. The molecule has 3 heterocycles. The Kier molecular flexibility index (Phi) is 5.83. The van der Waals surface area contributed by atoms with Crippen molar-refractivity contribution in [3.05, 3.63) is 46.9 Å². The molecule has 1 aromatic carbocycles. The zero-order chi connectivity index (χ0) is 22.1. The summed E-state index contributed by atoms with van der Waals surface area (Å²) in [6.07, 6.45) is 7.94. The molecule has 0 aliphatic heterocycles. The Labute approximate surface area is 191 Å². The Balaban J connectivity index is 1.44. The van der Waals surface area contributed by atoms with E-state index in [2.05, 4.69) is 16.9 Å². The molecule has 0 fully saturated rings. The quantitative estimate of drug-likeness (QED) is 0.363. The number of aromatic nitrogens is 3. The number of methoxy groups -OCH3 is 2. The summed E-state index contributed by atoms with van der Waals surface area (Å²) in [4.78, 5) is 15.2. The summed E-state index contributed by atoms with van der Waals surface area (Å²) in [5.74, 6) is 2.09. The Morgan fingerprint density at radius 3 is 2.66 bits per heavy atom. The molecule has 0 amide bonds. The lowest BCUT2D eigenvalue weighted by molar-refractivity contribution is 0.313. The molecule has 6 nitrogen and oxygen atoms in total. The number of thiophene rings is 1. The summed E-state index contributed by atoms with van der Waals surface area (Å²) in [6, 6.07) is 5.94. The molecule has 32 heavy (non-hydrogen) atoms. The largest absolute Gasteiger partial charge is 0.493 e. The average molecular weight is 450 g/mol. The molecule has 0 radical (unpaired) electrons. The molecule has 0 spiro atoms. The van der Waals surface area contributed by atoms with Gasteiger partial charge in [0.05, 0.1) is 26.3 Å². The minimum absolute atomic E-state index is 0.516. The predicted octanol–water partition coefficient (Wildman–Crippen LogP) is 5.32. The van der Waals surface area contributed by atoms with Crippen LogP contribution in [0.4, 0.5) is 0 Å². The van der Waals surface area contributed by atoms with Gasteiger partial charge in [0.1, 0.15) is 15.9 Å². The highest BCUT2D eigenvalue weighted by molar-refractivity contribution is 7.25. The van der Waals surface area contributed by atoms with Crippen molar-refractivity contribution >= 4 is 31.8 Å². The van der Waals surface area contributed by atoms with E-state index in [0.717, 1.165) is 64.2 Å². The molecule has 4 aromatic rings. The van der Waals surface area contributed by atoms with E-state index in [1.165, 1.54) is 28.6 Å². The van der Waals surface area contributed by atoms with Gasteiger partial charge in [-0.1, -0.05) is 19.4 Å². The third-order valence-electron chi connectivity index (χ3n) is 6.09. The molecular weight excluding hydrogens is 422 g/mol. The van der Waals surface area contributed by atoms with Crippen LogP contribution in [0.3, 0.4) is 0 Å². The van der Waals surface area contributed by atoms with Crippen molar-refractivity contribution in [2.75, 3.05) is 20.8 Å². The van der Waals surface area contributed by atoms with Gasteiger partial charge in [-0.05, 0) is 54.5 Å². The first-order chi connectivity index (χ1) is 15.7. The molecule has 0 N–H and O–H groups in total. The van der Waals surface area contributed by atoms with Crippen LogP contribution in [0.1, 0.15) is 42.1 Å². The van der Waals surface area contributed by atoms with Crippen LogP contribution in [0.2, 0.25) is 0 Å². The van der Waals surface area contributed by atoms with Crippen LogP contribution in [0.15, 0.2) is 24.5 Å². The zero-order valence-electron chi connectivity index (χ0n) is 18.7. The highest BCUT2D eigenvalue weighted by atomic mass is 32.1. The number of fused-ring (bicyclic) bond motifs is 5. The minimum atomic E-state index is 0.516. The number of pyridine rings is 1. The fourth-order valence-corrected chi connectivity index (χ4v) is 5.73. The van der Waals surface area contributed by atoms with Gasteiger partial charge in [0.25, 0.3) is 0 Å². The first-order valence-corrected chi connectivity index (χ1v) is 12.0. The summed E-state index contributed by atoms with van der Waals surface area (Å²) in [7, 11) is 3.29. The van der Waals surface area contributed by atoms with Gasteiger partial charge in [0, 0.05) is 17.5 Å². The van der Waals surface area contributed by atoms with Crippen LogP contribution in [0.5, 0.6) is 17.4 Å². The number of hydrogen-bond acceptors (Lipinski definition) is 7. The molecule has 0 saturated carbocycles. The van der Waals surface area contributed by atoms with Crippen molar-refractivity contribution in [1.29, 1.82) is 0 Å². The van der Waals surface area contributed by atoms with Crippen molar-refractivity contribution in [2.24, 2.45) is 0 Å². The highest BCUT2D eigenvalue weighted by Crippen LogP contribution is 2.42. The first-order valence-electron chi connectivity index (χ1n) is 11.1. The van der Waals surface area contributed by atoms with Gasteiger partial charge < -0.3 is 14.2 Å². The lowest BCUT2D eigenvalue weighted by atomic mass is 10.0. The third kappa shape index (κ3) is 3.64. The van der Waals surface area contributed by atoms with E-state index in [1.54, 1.807) is 31.9 Å². The van der Waals surface area contributed by atoms with Gasteiger partial charge in [-0.3, -0.25) is 0 Å². The fourth-order valence-electron chi connectivity index (χ4n) is 4.60. The molecule has 3 aromatic heterocycles. The summed E-state index contributed by atoms with van der Waals surface area (Å²) < 4.78 is 17.9. The van der Waals surface area contributed by atoms with Crippen molar-refractivity contribution < 1.29 is 14.2 Å². The number of ether oxygens (including phenoxy) is 3. The Morgan fingerprint density at radius 1 is 1.00 bits per heavy atom. The van der Waals surface area contributed by atoms with Gasteiger partial charge >= 0.3 is 0 Å². The third-order valence-corrected chi connectivity index (χ3v) is 7.15. The van der Waals surface area contributed by atoms with E-state index in [0.29, 0.717) is 12.5 Å². The second-order valence-electron chi connectivity index (χ2n) is 8.05. The molecule has 0 unspecified atom stereocenters. The van der Waals surface area contributed by atoms with Gasteiger partial charge in [-0.25, -0.2) is 15.0 Å². The van der Waals surface area contributed by atoms with Crippen molar-refractivity contribution in [2.45, 2.75) is 45.4 Å². The Morgan fingerprint density at radius 2 is 1.84 bits per heavy atom. The fraction of sp³-hybridized carbons (Fsp3) is 0.400.